The molecule has 2 heterocycles. The summed E-state index contributed by atoms with van der Waals surface area (Å²) in [6.45, 7) is 4.61. The second-order valence-corrected chi connectivity index (χ2v) is 5.35. The summed E-state index contributed by atoms with van der Waals surface area (Å²) in [6.07, 6.45) is 6.04. The van der Waals surface area contributed by atoms with Gasteiger partial charge in [0.05, 0.1) is 12.2 Å². The molecule has 100 valence electrons. The summed E-state index contributed by atoms with van der Waals surface area (Å²) < 4.78 is 1.81. The van der Waals surface area contributed by atoms with E-state index in [2.05, 4.69) is 20.5 Å². The van der Waals surface area contributed by atoms with E-state index in [4.69, 9.17) is 5.73 Å². The fraction of sp³-hybridized carbons (Fsp3) is 0.833. The first-order valence-corrected chi connectivity index (χ1v) is 6.91. The van der Waals surface area contributed by atoms with Crippen molar-refractivity contribution in [2.45, 2.75) is 44.4 Å². The van der Waals surface area contributed by atoms with E-state index in [0.29, 0.717) is 12.6 Å². The Bertz CT molecular complexity index is 386. The maximum absolute atomic E-state index is 5.48. The van der Waals surface area contributed by atoms with Crippen LogP contribution in [0, 0.1) is 0 Å². The number of hydrogen-bond acceptors (Lipinski definition) is 5. The SMILES string of the molecule is NCCn1cc(CNC2CCN(C3CC3)C2)nn1. The summed E-state index contributed by atoms with van der Waals surface area (Å²) in [5.41, 5.74) is 6.49. The molecule has 0 spiro atoms. The van der Waals surface area contributed by atoms with E-state index < -0.39 is 0 Å². The highest BCUT2D eigenvalue weighted by Crippen LogP contribution is 2.29. The summed E-state index contributed by atoms with van der Waals surface area (Å²) >= 11 is 0. The van der Waals surface area contributed by atoms with Gasteiger partial charge in [-0.25, -0.2) is 0 Å². The van der Waals surface area contributed by atoms with Crippen LogP contribution in [-0.2, 0) is 13.1 Å². The molecule has 0 amide bonds. The topological polar surface area (TPSA) is 72.0 Å². The Balaban J connectivity index is 1.43. The van der Waals surface area contributed by atoms with Crippen molar-refractivity contribution in [3.63, 3.8) is 0 Å². The number of aromatic nitrogens is 3. The van der Waals surface area contributed by atoms with E-state index in [1.54, 1.807) is 0 Å². The Labute approximate surface area is 108 Å². The lowest BCUT2D eigenvalue weighted by molar-refractivity contribution is 0.317. The maximum Gasteiger partial charge on any atom is 0.0964 e. The third kappa shape index (κ3) is 2.88. The number of hydrogen-bond donors (Lipinski definition) is 2. The van der Waals surface area contributed by atoms with Crippen LogP contribution < -0.4 is 11.1 Å². The quantitative estimate of drug-likeness (QED) is 0.716. The van der Waals surface area contributed by atoms with Crippen molar-refractivity contribution in [3.8, 4) is 0 Å². The Kier molecular flexibility index (Phi) is 3.58. The molecule has 18 heavy (non-hydrogen) atoms. The molecular formula is C12H22N6. The predicted molar refractivity (Wildman–Crippen MR) is 68.9 cm³/mol. The van der Waals surface area contributed by atoms with E-state index in [-0.39, 0.29) is 0 Å². The molecule has 0 aromatic carbocycles. The average molecular weight is 250 g/mol. The summed E-state index contributed by atoms with van der Waals surface area (Å²) in [5.74, 6) is 0. The molecular weight excluding hydrogens is 228 g/mol. The number of nitrogens with one attached hydrogen (secondary N) is 1. The highest BCUT2D eigenvalue weighted by atomic mass is 15.4. The van der Waals surface area contributed by atoms with Crippen LogP contribution in [0.2, 0.25) is 0 Å². The van der Waals surface area contributed by atoms with Crippen LogP contribution in [0.4, 0.5) is 0 Å². The molecule has 1 aromatic heterocycles. The molecule has 1 saturated carbocycles. The molecule has 1 aromatic rings. The van der Waals surface area contributed by atoms with Crippen LogP contribution in [0.15, 0.2) is 6.20 Å². The van der Waals surface area contributed by atoms with Gasteiger partial charge >= 0.3 is 0 Å². The maximum atomic E-state index is 5.48. The molecule has 1 unspecified atom stereocenters. The van der Waals surface area contributed by atoms with Gasteiger partial charge in [-0.3, -0.25) is 9.58 Å². The van der Waals surface area contributed by atoms with Crippen molar-refractivity contribution in [1.29, 1.82) is 0 Å². The molecule has 6 nitrogen and oxygen atoms in total. The monoisotopic (exact) mass is 250 g/mol. The first kappa shape index (κ1) is 12.1. The Morgan fingerprint density at radius 1 is 1.39 bits per heavy atom. The second-order valence-electron chi connectivity index (χ2n) is 5.35. The van der Waals surface area contributed by atoms with Crippen molar-refractivity contribution in [1.82, 2.24) is 25.2 Å². The Morgan fingerprint density at radius 2 is 2.28 bits per heavy atom. The Morgan fingerprint density at radius 3 is 3.06 bits per heavy atom. The van der Waals surface area contributed by atoms with Crippen molar-refractivity contribution >= 4 is 0 Å². The normalized spacial score (nSPS) is 24.8. The lowest BCUT2D eigenvalue weighted by Gasteiger charge is -2.15. The molecule has 2 aliphatic rings. The smallest absolute Gasteiger partial charge is 0.0964 e. The van der Waals surface area contributed by atoms with Crippen molar-refractivity contribution in [3.05, 3.63) is 11.9 Å². The second kappa shape index (κ2) is 5.34. The molecule has 2 fully saturated rings. The van der Waals surface area contributed by atoms with Gasteiger partial charge in [-0.05, 0) is 19.3 Å². The van der Waals surface area contributed by atoms with Gasteiger partial charge in [0.2, 0.25) is 0 Å². The van der Waals surface area contributed by atoms with Crippen LogP contribution in [0.1, 0.15) is 25.0 Å². The molecule has 1 atom stereocenters. The van der Waals surface area contributed by atoms with Gasteiger partial charge in [0.1, 0.15) is 0 Å². The average Bonchev–Trinajstić information content (AvgIpc) is 2.95. The fourth-order valence-corrected chi connectivity index (χ4v) is 2.64. The van der Waals surface area contributed by atoms with Crippen molar-refractivity contribution in [2.24, 2.45) is 5.73 Å². The summed E-state index contributed by atoms with van der Waals surface area (Å²) in [6, 6.07) is 1.51. The predicted octanol–water partition coefficient (Wildman–Crippen LogP) is -0.437. The van der Waals surface area contributed by atoms with Crippen LogP contribution >= 0.6 is 0 Å². The van der Waals surface area contributed by atoms with Gasteiger partial charge < -0.3 is 11.1 Å². The first-order chi connectivity index (χ1) is 8.85. The van der Waals surface area contributed by atoms with Gasteiger partial charge in [-0.15, -0.1) is 5.10 Å². The van der Waals surface area contributed by atoms with E-state index >= 15 is 0 Å². The number of rotatable bonds is 6. The van der Waals surface area contributed by atoms with Crippen LogP contribution in [0.25, 0.3) is 0 Å². The molecule has 0 bridgehead atoms. The number of nitrogens with zero attached hydrogens (tertiary/aromatic N) is 4. The summed E-state index contributed by atoms with van der Waals surface area (Å²) in [4.78, 5) is 2.61. The largest absolute Gasteiger partial charge is 0.329 e. The molecule has 3 N–H and O–H groups in total. The van der Waals surface area contributed by atoms with E-state index in [9.17, 15) is 0 Å². The minimum Gasteiger partial charge on any atom is -0.329 e. The first-order valence-electron chi connectivity index (χ1n) is 6.91. The zero-order valence-electron chi connectivity index (χ0n) is 10.8. The molecule has 6 heteroatoms. The van der Waals surface area contributed by atoms with Crippen molar-refractivity contribution in [2.75, 3.05) is 19.6 Å². The zero-order valence-corrected chi connectivity index (χ0v) is 10.8. The highest BCUT2D eigenvalue weighted by Gasteiger charge is 2.34. The van der Waals surface area contributed by atoms with Gasteiger partial charge in [0, 0.05) is 44.5 Å². The van der Waals surface area contributed by atoms with E-state index in [0.717, 1.165) is 24.8 Å². The van der Waals surface area contributed by atoms with Crippen LogP contribution in [0.3, 0.4) is 0 Å². The third-order valence-electron chi connectivity index (χ3n) is 3.80. The molecule has 1 aliphatic heterocycles. The highest BCUT2D eigenvalue weighted by molar-refractivity contribution is 4.95. The van der Waals surface area contributed by atoms with Gasteiger partial charge in [0.15, 0.2) is 0 Å². The minimum atomic E-state index is 0.606. The van der Waals surface area contributed by atoms with E-state index in [1.807, 2.05) is 10.9 Å². The van der Waals surface area contributed by atoms with Crippen LogP contribution in [0.5, 0.6) is 0 Å². The molecule has 1 aliphatic carbocycles. The van der Waals surface area contributed by atoms with Gasteiger partial charge in [-0.2, -0.15) is 0 Å². The van der Waals surface area contributed by atoms with Crippen LogP contribution in [-0.4, -0.2) is 51.6 Å². The Hall–Kier alpha value is -0.980. The number of nitrogens with two attached hydrogens (primary N) is 1. The summed E-state index contributed by atoms with van der Waals surface area (Å²) in [7, 11) is 0. The fourth-order valence-electron chi connectivity index (χ4n) is 2.64. The minimum absolute atomic E-state index is 0.606. The third-order valence-corrected chi connectivity index (χ3v) is 3.80. The zero-order chi connectivity index (χ0) is 12.4. The molecule has 3 rings (SSSR count). The number of likely N-dealkylation sites (tertiary alicyclic amines) is 1. The molecule has 0 radical (unpaired) electrons. The summed E-state index contributed by atoms with van der Waals surface area (Å²) in [5, 5.41) is 11.8. The lowest BCUT2D eigenvalue weighted by atomic mass is 10.2. The van der Waals surface area contributed by atoms with Gasteiger partial charge in [0.25, 0.3) is 0 Å². The van der Waals surface area contributed by atoms with E-state index in [1.165, 1.54) is 32.4 Å². The molecule has 1 saturated heterocycles. The van der Waals surface area contributed by atoms with Crippen molar-refractivity contribution < 1.29 is 0 Å². The standard InChI is InChI=1S/C12H22N6/c13-4-6-18-9-11(15-16-18)7-14-10-3-5-17(8-10)12-1-2-12/h9-10,12,14H,1-8,13H2. The lowest BCUT2D eigenvalue weighted by Crippen LogP contribution is -2.32. The van der Waals surface area contributed by atoms with Gasteiger partial charge in [-0.1, -0.05) is 5.21 Å².